The zero-order chi connectivity index (χ0) is 23.9. The molecule has 5 nitrogen and oxygen atoms in total. The van der Waals surface area contributed by atoms with Crippen LogP contribution in [0.1, 0.15) is 44.2 Å². The number of benzene rings is 2. The van der Waals surface area contributed by atoms with Gasteiger partial charge in [0.15, 0.2) is 0 Å². The summed E-state index contributed by atoms with van der Waals surface area (Å²) in [6.07, 6.45) is 3.41. The van der Waals surface area contributed by atoms with Crippen molar-refractivity contribution in [2.75, 3.05) is 26.4 Å². The highest BCUT2D eigenvalue weighted by Crippen LogP contribution is 2.26. The SMILES string of the molecule is C.N#CC(=C1CCOCC1)c1ccc(Cl)cc1.N#CCc1ccc(Cl)cc1.O=C1CCOCC1. The molecule has 0 bridgehead atoms. The van der Waals surface area contributed by atoms with Crippen molar-refractivity contribution >= 4 is 34.6 Å². The molecule has 2 aromatic rings. The van der Waals surface area contributed by atoms with Gasteiger partial charge >= 0.3 is 0 Å². The van der Waals surface area contributed by atoms with E-state index in [-0.39, 0.29) is 7.43 Å². The lowest BCUT2D eigenvalue weighted by Gasteiger charge is -2.16. The maximum atomic E-state index is 10.4. The third kappa shape index (κ3) is 11.0. The number of carbonyl (C=O) groups is 1. The van der Waals surface area contributed by atoms with Crippen molar-refractivity contribution < 1.29 is 14.3 Å². The second-order valence-corrected chi connectivity index (χ2v) is 8.19. The summed E-state index contributed by atoms with van der Waals surface area (Å²) in [5.41, 5.74) is 3.92. The van der Waals surface area contributed by atoms with E-state index in [1.165, 1.54) is 5.57 Å². The molecule has 0 saturated carbocycles. The molecule has 2 aromatic carbocycles. The van der Waals surface area contributed by atoms with Crippen LogP contribution in [0.25, 0.3) is 5.57 Å². The topological polar surface area (TPSA) is 83.1 Å². The fraction of sp³-hybridized carbons (Fsp3) is 0.370. The molecule has 0 unspecified atom stereocenters. The second kappa shape index (κ2) is 16.9. The van der Waals surface area contributed by atoms with Gasteiger partial charge in [-0.3, -0.25) is 4.79 Å². The van der Waals surface area contributed by atoms with E-state index < -0.39 is 0 Å². The Balaban J connectivity index is 0.000000275. The molecule has 2 saturated heterocycles. The fourth-order valence-corrected chi connectivity index (χ4v) is 3.38. The van der Waals surface area contributed by atoms with E-state index in [1.807, 2.05) is 36.4 Å². The molecule has 34 heavy (non-hydrogen) atoms. The molecule has 2 aliphatic heterocycles. The average molecular weight is 501 g/mol. The summed E-state index contributed by atoms with van der Waals surface area (Å²) < 4.78 is 10.2. The number of Topliss-reactive ketones (excluding diaryl/α,β-unsaturated/α-hetero) is 1. The molecule has 0 amide bonds. The Morgan fingerprint density at radius 1 is 0.794 bits per heavy atom. The van der Waals surface area contributed by atoms with Crippen LogP contribution < -0.4 is 0 Å². The number of hydrogen-bond acceptors (Lipinski definition) is 5. The summed E-state index contributed by atoms with van der Waals surface area (Å²) in [4.78, 5) is 10.4. The predicted octanol–water partition coefficient (Wildman–Crippen LogP) is 6.84. The Morgan fingerprint density at radius 3 is 1.68 bits per heavy atom. The fourth-order valence-electron chi connectivity index (χ4n) is 3.12. The van der Waals surface area contributed by atoms with Crippen molar-refractivity contribution in [1.82, 2.24) is 0 Å². The summed E-state index contributed by atoms with van der Waals surface area (Å²) in [5.74, 6) is 0.339. The summed E-state index contributed by atoms with van der Waals surface area (Å²) in [6.45, 7) is 2.71. The summed E-state index contributed by atoms with van der Waals surface area (Å²) in [6, 6.07) is 19.0. The van der Waals surface area contributed by atoms with Gasteiger partial charge in [0.05, 0.1) is 50.6 Å². The number of halogens is 2. The molecule has 2 fully saturated rings. The van der Waals surface area contributed by atoms with Crippen LogP contribution >= 0.6 is 23.2 Å². The molecule has 0 spiro atoms. The molecule has 0 aliphatic carbocycles. The van der Waals surface area contributed by atoms with Crippen LogP contribution in [0.4, 0.5) is 0 Å². The van der Waals surface area contributed by atoms with Crippen molar-refractivity contribution in [3.8, 4) is 12.1 Å². The number of carbonyl (C=O) groups excluding carboxylic acids is 1. The maximum absolute atomic E-state index is 10.4. The number of ether oxygens (including phenoxy) is 2. The molecule has 4 rings (SSSR count). The minimum atomic E-state index is 0. The minimum Gasteiger partial charge on any atom is -0.381 e. The van der Waals surface area contributed by atoms with Gasteiger partial charge in [-0.1, -0.05) is 54.9 Å². The number of allylic oxidation sites excluding steroid dienone is 1. The highest BCUT2D eigenvalue weighted by molar-refractivity contribution is 6.30. The number of hydrogen-bond donors (Lipinski definition) is 0. The Kier molecular flexibility index (Phi) is 14.6. The van der Waals surface area contributed by atoms with Gasteiger partial charge in [-0.25, -0.2) is 0 Å². The molecule has 0 radical (unpaired) electrons. The van der Waals surface area contributed by atoms with E-state index in [0.717, 1.165) is 29.5 Å². The quantitative estimate of drug-likeness (QED) is 0.421. The number of rotatable bonds is 2. The second-order valence-electron chi connectivity index (χ2n) is 7.32. The largest absolute Gasteiger partial charge is 0.381 e. The van der Waals surface area contributed by atoms with Gasteiger partial charge < -0.3 is 9.47 Å². The number of ketones is 1. The van der Waals surface area contributed by atoms with Gasteiger partial charge in [-0.05, 0) is 53.8 Å². The zero-order valence-corrected chi connectivity index (χ0v) is 19.9. The van der Waals surface area contributed by atoms with Crippen LogP contribution in [0, 0.1) is 22.7 Å². The van der Waals surface area contributed by atoms with Crippen molar-refractivity contribution in [2.24, 2.45) is 0 Å². The molecule has 180 valence electrons. The average Bonchev–Trinajstić information content (AvgIpc) is 2.84. The van der Waals surface area contributed by atoms with E-state index in [0.29, 0.717) is 61.5 Å². The first-order valence-corrected chi connectivity index (χ1v) is 11.5. The highest BCUT2D eigenvalue weighted by Gasteiger charge is 2.12. The Bertz CT molecular complexity index is 988. The van der Waals surface area contributed by atoms with Crippen molar-refractivity contribution in [2.45, 2.75) is 39.5 Å². The third-order valence-corrected chi connectivity index (χ3v) is 5.45. The lowest BCUT2D eigenvalue weighted by atomic mass is 9.96. The standard InChI is InChI=1S/C13H12ClNO.C8H6ClN.C5H8O2.CH4/c14-12-3-1-10(2-4-12)13(9-15)11-5-7-16-8-6-11;9-8-3-1-7(2-4-8)5-6-10;6-5-1-3-7-4-2-5;/h1-4H,5-8H2;1-4H,5H2;1-4H2;1H4. The molecule has 7 heteroatoms. The van der Waals surface area contributed by atoms with Crippen LogP contribution in [-0.2, 0) is 20.7 Å². The molecular weight excluding hydrogens is 471 g/mol. The zero-order valence-electron chi connectivity index (χ0n) is 18.4. The van der Waals surface area contributed by atoms with Crippen molar-refractivity contribution in [1.29, 1.82) is 10.5 Å². The maximum Gasteiger partial charge on any atom is 0.137 e. The molecule has 2 heterocycles. The highest BCUT2D eigenvalue weighted by atomic mass is 35.5. The summed E-state index contributed by atoms with van der Waals surface area (Å²) in [7, 11) is 0. The molecule has 0 N–H and O–H groups in total. The van der Waals surface area contributed by atoms with Gasteiger partial charge in [0.25, 0.3) is 0 Å². The monoisotopic (exact) mass is 500 g/mol. The minimum absolute atomic E-state index is 0. The predicted molar refractivity (Wildman–Crippen MR) is 137 cm³/mol. The smallest absolute Gasteiger partial charge is 0.137 e. The first-order chi connectivity index (χ1) is 16.0. The number of nitriles is 2. The van der Waals surface area contributed by atoms with Crippen LogP contribution in [0.3, 0.4) is 0 Å². The van der Waals surface area contributed by atoms with E-state index in [9.17, 15) is 10.1 Å². The van der Waals surface area contributed by atoms with E-state index >= 15 is 0 Å². The van der Waals surface area contributed by atoms with Crippen LogP contribution in [0.15, 0.2) is 54.1 Å². The first-order valence-electron chi connectivity index (χ1n) is 10.7. The van der Waals surface area contributed by atoms with E-state index in [1.54, 1.807) is 12.1 Å². The third-order valence-electron chi connectivity index (χ3n) is 4.94. The Hall–Kier alpha value is -2.67. The van der Waals surface area contributed by atoms with Crippen LogP contribution in [0.2, 0.25) is 10.0 Å². The van der Waals surface area contributed by atoms with E-state index in [4.69, 9.17) is 37.9 Å². The van der Waals surface area contributed by atoms with Gasteiger partial charge in [0.2, 0.25) is 0 Å². The van der Waals surface area contributed by atoms with E-state index in [2.05, 4.69) is 12.1 Å². The molecular formula is C27H30Cl2N2O3. The van der Waals surface area contributed by atoms with Gasteiger partial charge in [-0.15, -0.1) is 0 Å². The normalized spacial score (nSPS) is 14.6. The molecule has 0 atom stereocenters. The Labute approximate surface area is 212 Å². The summed E-state index contributed by atoms with van der Waals surface area (Å²) >= 11 is 11.5. The van der Waals surface area contributed by atoms with Crippen LogP contribution in [-0.4, -0.2) is 32.2 Å². The van der Waals surface area contributed by atoms with Crippen molar-refractivity contribution in [3.63, 3.8) is 0 Å². The van der Waals surface area contributed by atoms with Crippen molar-refractivity contribution in [3.05, 3.63) is 75.3 Å². The lowest BCUT2D eigenvalue weighted by molar-refractivity contribution is -0.124. The first kappa shape index (κ1) is 29.4. The lowest BCUT2D eigenvalue weighted by Crippen LogP contribution is -2.14. The van der Waals surface area contributed by atoms with Gasteiger partial charge in [0, 0.05) is 22.9 Å². The number of nitrogens with zero attached hydrogens (tertiary/aromatic N) is 2. The summed E-state index contributed by atoms with van der Waals surface area (Å²) in [5, 5.41) is 18.9. The van der Waals surface area contributed by atoms with Crippen LogP contribution in [0.5, 0.6) is 0 Å². The molecule has 0 aromatic heterocycles. The Morgan fingerprint density at radius 2 is 1.26 bits per heavy atom. The molecule has 2 aliphatic rings. The van der Waals surface area contributed by atoms with Gasteiger partial charge in [-0.2, -0.15) is 10.5 Å². The van der Waals surface area contributed by atoms with Gasteiger partial charge in [0.1, 0.15) is 5.78 Å².